The molecule has 29 heavy (non-hydrogen) atoms. The summed E-state index contributed by atoms with van der Waals surface area (Å²) in [5.74, 6) is -0.775. The van der Waals surface area contributed by atoms with Crippen molar-refractivity contribution in [1.82, 2.24) is 9.79 Å². The van der Waals surface area contributed by atoms with Gasteiger partial charge in [0.15, 0.2) is 9.84 Å². The normalized spacial score (nSPS) is 19.6. The lowest BCUT2D eigenvalue weighted by atomic mass is 10.0. The standard InChI is InChI=1S/C19H22N2O6S2/c1-28(24,25)17-10-8-16(9-11-17)15-6-4-14(5-7-15)13-21-18(19(22)20-23)3-2-12-29(21,26)27/h4-11,18,23H,2-3,12-13H2,1H3,(H,20,22)/t18-/m0/s1. The fourth-order valence-electron chi connectivity index (χ4n) is 3.34. The highest BCUT2D eigenvalue weighted by Gasteiger charge is 2.38. The fourth-order valence-corrected chi connectivity index (χ4v) is 5.67. The number of carbonyl (C=O) groups is 1. The molecule has 1 amide bonds. The van der Waals surface area contributed by atoms with Gasteiger partial charge in [0.05, 0.1) is 10.6 Å². The van der Waals surface area contributed by atoms with Crippen LogP contribution >= 0.6 is 0 Å². The number of hydroxylamine groups is 1. The van der Waals surface area contributed by atoms with Gasteiger partial charge in [0.1, 0.15) is 6.04 Å². The fraction of sp³-hybridized carbons (Fsp3) is 0.316. The summed E-state index contributed by atoms with van der Waals surface area (Å²) in [5, 5.41) is 8.91. The maximum Gasteiger partial charge on any atom is 0.261 e. The third-order valence-electron chi connectivity index (χ3n) is 4.91. The minimum absolute atomic E-state index is 0.0215. The number of hydrogen-bond acceptors (Lipinski definition) is 6. The van der Waals surface area contributed by atoms with Crippen LogP contribution in [0.5, 0.6) is 0 Å². The van der Waals surface area contributed by atoms with Gasteiger partial charge in [-0.1, -0.05) is 36.4 Å². The number of benzene rings is 2. The zero-order valence-electron chi connectivity index (χ0n) is 15.8. The van der Waals surface area contributed by atoms with Crippen molar-refractivity contribution in [2.24, 2.45) is 0 Å². The van der Waals surface area contributed by atoms with Crippen LogP contribution in [0.2, 0.25) is 0 Å². The topological polar surface area (TPSA) is 121 Å². The van der Waals surface area contributed by atoms with E-state index in [9.17, 15) is 21.6 Å². The van der Waals surface area contributed by atoms with Crippen LogP contribution < -0.4 is 5.48 Å². The summed E-state index contributed by atoms with van der Waals surface area (Å²) in [6.45, 7) is 0.0215. The molecule has 1 fully saturated rings. The lowest BCUT2D eigenvalue weighted by Crippen LogP contribution is -2.51. The Morgan fingerprint density at radius 3 is 2.17 bits per heavy atom. The number of nitrogens with one attached hydrogen (secondary N) is 1. The maximum absolute atomic E-state index is 12.4. The van der Waals surface area contributed by atoms with Crippen molar-refractivity contribution in [2.75, 3.05) is 12.0 Å². The van der Waals surface area contributed by atoms with Crippen molar-refractivity contribution in [3.8, 4) is 11.1 Å². The van der Waals surface area contributed by atoms with Crippen molar-refractivity contribution in [3.63, 3.8) is 0 Å². The molecule has 0 bridgehead atoms. The van der Waals surface area contributed by atoms with Gasteiger partial charge in [-0.15, -0.1) is 0 Å². The zero-order chi connectivity index (χ0) is 21.2. The van der Waals surface area contributed by atoms with E-state index in [-0.39, 0.29) is 17.2 Å². The van der Waals surface area contributed by atoms with Gasteiger partial charge in [-0.2, -0.15) is 4.31 Å². The van der Waals surface area contributed by atoms with Crippen molar-refractivity contribution in [3.05, 3.63) is 54.1 Å². The molecule has 10 heteroatoms. The van der Waals surface area contributed by atoms with Gasteiger partial charge in [0.25, 0.3) is 5.91 Å². The monoisotopic (exact) mass is 438 g/mol. The Morgan fingerprint density at radius 1 is 1.10 bits per heavy atom. The summed E-state index contributed by atoms with van der Waals surface area (Å²) in [6.07, 6.45) is 1.85. The lowest BCUT2D eigenvalue weighted by molar-refractivity contribution is -0.133. The molecule has 8 nitrogen and oxygen atoms in total. The first-order chi connectivity index (χ1) is 13.6. The van der Waals surface area contributed by atoms with Crippen LogP contribution in [0.1, 0.15) is 18.4 Å². The van der Waals surface area contributed by atoms with E-state index in [1.807, 2.05) is 12.1 Å². The average molecular weight is 439 g/mol. The summed E-state index contributed by atoms with van der Waals surface area (Å²) in [4.78, 5) is 12.1. The number of amides is 1. The molecule has 1 aliphatic heterocycles. The first-order valence-corrected chi connectivity index (χ1v) is 12.4. The summed E-state index contributed by atoms with van der Waals surface area (Å²) in [5.41, 5.74) is 3.92. The highest BCUT2D eigenvalue weighted by molar-refractivity contribution is 7.90. The molecule has 3 rings (SSSR count). The predicted octanol–water partition coefficient (Wildman–Crippen LogP) is 1.56. The molecule has 0 aromatic heterocycles. The molecule has 0 aliphatic carbocycles. The van der Waals surface area contributed by atoms with E-state index in [1.165, 1.54) is 12.1 Å². The third-order valence-corrected chi connectivity index (χ3v) is 7.94. The van der Waals surface area contributed by atoms with Crippen LogP contribution in [0.3, 0.4) is 0 Å². The van der Waals surface area contributed by atoms with Crippen LogP contribution in [0, 0.1) is 0 Å². The smallest absolute Gasteiger partial charge is 0.261 e. The van der Waals surface area contributed by atoms with Crippen LogP contribution in [0.4, 0.5) is 0 Å². The van der Waals surface area contributed by atoms with Crippen molar-refractivity contribution in [1.29, 1.82) is 0 Å². The quantitative estimate of drug-likeness (QED) is 0.540. The highest BCUT2D eigenvalue weighted by atomic mass is 32.2. The number of sulfonamides is 1. The SMILES string of the molecule is CS(=O)(=O)c1ccc(-c2ccc(CN3[C@H](C(=O)NO)CCCS3(=O)=O)cc2)cc1. The Balaban J connectivity index is 1.81. The minimum atomic E-state index is -3.60. The second kappa shape index (κ2) is 8.23. The second-order valence-electron chi connectivity index (χ2n) is 6.99. The Bertz CT molecular complexity index is 1090. The Labute approximate surface area is 170 Å². The number of rotatable bonds is 5. The number of hydrogen-bond donors (Lipinski definition) is 2. The first-order valence-electron chi connectivity index (χ1n) is 8.95. The van der Waals surface area contributed by atoms with E-state index in [0.717, 1.165) is 21.7 Å². The van der Waals surface area contributed by atoms with E-state index >= 15 is 0 Å². The molecule has 0 spiro atoms. The average Bonchev–Trinajstić information content (AvgIpc) is 2.68. The van der Waals surface area contributed by atoms with E-state index in [0.29, 0.717) is 18.4 Å². The Hall–Kier alpha value is -2.27. The maximum atomic E-state index is 12.4. The van der Waals surface area contributed by atoms with Crippen LogP contribution in [0.25, 0.3) is 11.1 Å². The summed E-state index contributed by atoms with van der Waals surface area (Å²) >= 11 is 0. The molecule has 2 N–H and O–H groups in total. The first kappa shape index (κ1) is 21.4. The van der Waals surface area contributed by atoms with Gasteiger partial charge >= 0.3 is 0 Å². The van der Waals surface area contributed by atoms with E-state index in [4.69, 9.17) is 5.21 Å². The van der Waals surface area contributed by atoms with Crippen molar-refractivity contribution >= 4 is 25.8 Å². The van der Waals surface area contributed by atoms with E-state index in [2.05, 4.69) is 0 Å². The molecule has 2 aromatic carbocycles. The van der Waals surface area contributed by atoms with Gasteiger partial charge < -0.3 is 0 Å². The van der Waals surface area contributed by atoms with Gasteiger partial charge in [0.2, 0.25) is 10.0 Å². The molecule has 0 unspecified atom stereocenters. The van der Waals surface area contributed by atoms with Crippen LogP contribution in [0.15, 0.2) is 53.4 Å². The van der Waals surface area contributed by atoms with Crippen molar-refractivity contribution < 1.29 is 26.8 Å². The molecular weight excluding hydrogens is 416 g/mol. The molecule has 1 saturated heterocycles. The predicted molar refractivity (Wildman–Crippen MR) is 107 cm³/mol. The molecule has 1 atom stereocenters. The minimum Gasteiger partial charge on any atom is -0.289 e. The molecule has 1 heterocycles. The molecule has 0 radical (unpaired) electrons. The summed E-state index contributed by atoms with van der Waals surface area (Å²) in [6, 6.07) is 12.7. The van der Waals surface area contributed by atoms with Gasteiger partial charge in [-0.3, -0.25) is 10.0 Å². The summed E-state index contributed by atoms with van der Waals surface area (Å²) in [7, 11) is -6.87. The zero-order valence-corrected chi connectivity index (χ0v) is 17.4. The van der Waals surface area contributed by atoms with Gasteiger partial charge in [-0.25, -0.2) is 22.3 Å². The molecule has 0 saturated carbocycles. The van der Waals surface area contributed by atoms with Crippen molar-refractivity contribution in [2.45, 2.75) is 30.3 Å². The van der Waals surface area contributed by atoms with E-state index < -0.39 is 31.8 Å². The number of sulfone groups is 1. The van der Waals surface area contributed by atoms with Crippen LogP contribution in [-0.4, -0.2) is 50.3 Å². The number of nitrogens with zero attached hydrogens (tertiary/aromatic N) is 1. The molecular formula is C19H22N2O6S2. The third kappa shape index (κ3) is 4.84. The Kier molecular flexibility index (Phi) is 6.08. The van der Waals surface area contributed by atoms with Gasteiger partial charge in [0, 0.05) is 12.8 Å². The van der Waals surface area contributed by atoms with Crippen LogP contribution in [-0.2, 0) is 31.2 Å². The Morgan fingerprint density at radius 2 is 1.66 bits per heavy atom. The largest absolute Gasteiger partial charge is 0.289 e. The molecule has 2 aromatic rings. The molecule has 1 aliphatic rings. The number of carbonyl (C=O) groups excluding carboxylic acids is 1. The van der Waals surface area contributed by atoms with Gasteiger partial charge in [-0.05, 0) is 41.7 Å². The highest BCUT2D eigenvalue weighted by Crippen LogP contribution is 2.26. The molecule has 156 valence electrons. The summed E-state index contributed by atoms with van der Waals surface area (Å²) < 4.78 is 49.1. The lowest BCUT2D eigenvalue weighted by Gasteiger charge is -2.33. The second-order valence-corrected chi connectivity index (χ2v) is 11.0. The van der Waals surface area contributed by atoms with E-state index in [1.54, 1.807) is 29.7 Å².